The number of aryl methyl sites for hydroxylation is 1. The number of anilines is 2. The molecule has 7 nitrogen and oxygen atoms in total. The Kier molecular flexibility index (Phi) is 4.43. The molecule has 2 aliphatic carbocycles. The van der Waals surface area contributed by atoms with Gasteiger partial charge in [0.05, 0.1) is 0 Å². The van der Waals surface area contributed by atoms with Crippen molar-refractivity contribution < 1.29 is 14.4 Å². The molecular weight excluding hydrogens is 344 g/mol. The number of Topliss-reactive ketones (excluding diaryl/α,β-unsaturated/α-hetero) is 1. The second-order valence-corrected chi connectivity index (χ2v) is 7.16. The molecule has 0 radical (unpaired) electrons. The first-order valence-corrected chi connectivity index (χ1v) is 9.25. The predicted molar refractivity (Wildman–Crippen MR) is 102 cm³/mol. The van der Waals surface area contributed by atoms with Gasteiger partial charge in [0, 0.05) is 35.1 Å². The average molecular weight is 366 g/mol. The first-order chi connectivity index (χ1) is 13.0. The molecule has 2 aromatic rings. The largest absolute Gasteiger partial charge is 0.354 e. The summed E-state index contributed by atoms with van der Waals surface area (Å²) in [5.74, 6) is -0.175. The first kappa shape index (κ1) is 17.3. The molecule has 0 unspecified atom stereocenters. The molecule has 1 aromatic carbocycles. The predicted octanol–water partition coefficient (Wildman–Crippen LogP) is 3.38. The van der Waals surface area contributed by atoms with Crippen LogP contribution in [0.4, 0.5) is 16.2 Å². The van der Waals surface area contributed by atoms with Gasteiger partial charge in [-0.2, -0.15) is 0 Å². The maximum absolute atomic E-state index is 12.6. The Labute approximate surface area is 156 Å². The summed E-state index contributed by atoms with van der Waals surface area (Å²) in [6.45, 7) is 1.80. The number of ketones is 1. The number of aromatic amines is 1. The average Bonchev–Trinajstić information content (AvgIpc) is 3.37. The quantitative estimate of drug-likeness (QED) is 0.667. The van der Waals surface area contributed by atoms with E-state index in [-0.39, 0.29) is 17.7 Å². The lowest BCUT2D eigenvalue weighted by molar-refractivity contribution is 0.0971. The number of nitrogens with one attached hydrogen (secondary N) is 4. The topological polar surface area (TPSA) is 103 Å². The van der Waals surface area contributed by atoms with Crippen molar-refractivity contribution in [2.45, 2.75) is 45.1 Å². The summed E-state index contributed by atoms with van der Waals surface area (Å²) in [5, 5.41) is 8.45. The molecule has 0 saturated heterocycles. The molecule has 1 fully saturated rings. The molecular formula is C20H22N4O3. The third-order valence-electron chi connectivity index (χ3n) is 4.98. The lowest BCUT2D eigenvalue weighted by Gasteiger charge is -2.09. The fourth-order valence-corrected chi connectivity index (χ4v) is 3.41. The zero-order valence-electron chi connectivity index (χ0n) is 15.1. The minimum Gasteiger partial charge on any atom is -0.354 e. The van der Waals surface area contributed by atoms with E-state index in [1.54, 1.807) is 31.2 Å². The molecule has 7 heteroatoms. The van der Waals surface area contributed by atoms with Crippen LogP contribution in [0.5, 0.6) is 0 Å². The van der Waals surface area contributed by atoms with Crippen LogP contribution in [0.15, 0.2) is 24.3 Å². The second kappa shape index (κ2) is 6.90. The van der Waals surface area contributed by atoms with Gasteiger partial charge in [0.15, 0.2) is 5.78 Å². The van der Waals surface area contributed by atoms with Gasteiger partial charge < -0.3 is 20.9 Å². The van der Waals surface area contributed by atoms with E-state index >= 15 is 0 Å². The lowest BCUT2D eigenvalue weighted by atomic mass is 9.94. The first-order valence-electron chi connectivity index (χ1n) is 9.25. The Morgan fingerprint density at radius 1 is 1.04 bits per heavy atom. The van der Waals surface area contributed by atoms with Crippen LogP contribution in [0.2, 0.25) is 0 Å². The fourth-order valence-electron chi connectivity index (χ4n) is 3.41. The molecule has 3 amide bonds. The third kappa shape index (κ3) is 3.72. The van der Waals surface area contributed by atoms with Gasteiger partial charge in [-0.3, -0.25) is 9.59 Å². The van der Waals surface area contributed by atoms with E-state index in [0.29, 0.717) is 40.7 Å². The molecule has 2 aliphatic rings. The van der Waals surface area contributed by atoms with Gasteiger partial charge in [-0.25, -0.2) is 4.79 Å². The van der Waals surface area contributed by atoms with E-state index in [9.17, 15) is 14.4 Å². The Hall–Kier alpha value is -3.09. The van der Waals surface area contributed by atoms with E-state index in [4.69, 9.17) is 0 Å². The summed E-state index contributed by atoms with van der Waals surface area (Å²) in [7, 11) is 0. The van der Waals surface area contributed by atoms with Crippen molar-refractivity contribution in [3.8, 4) is 0 Å². The highest BCUT2D eigenvalue weighted by Gasteiger charge is 2.26. The SMILES string of the molecule is Cc1c(C(=O)Nc2ccc(NC(=O)NC3CC3)cc2)[nH]c2c1C(=O)CCC2. The van der Waals surface area contributed by atoms with Crippen molar-refractivity contribution in [2.75, 3.05) is 10.6 Å². The number of hydrogen-bond donors (Lipinski definition) is 4. The standard InChI is InChI=1S/C20H22N4O3/c1-11-17-15(3-2-4-16(17)25)24-18(11)19(26)21-12-5-7-13(8-6-12)22-20(27)23-14-9-10-14/h5-8,14,24H,2-4,9-10H2,1H3,(H,21,26)(H2,22,23,27). The zero-order chi connectivity index (χ0) is 19.0. The van der Waals surface area contributed by atoms with Crippen LogP contribution in [-0.2, 0) is 6.42 Å². The maximum atomic E-state index is 12.6. The van der Waals surface area contributed by atoms with Crippen molar-refractivity contribution in [1.82, 2.24) is 10.3 Å². The molecule has 4 N–H and O–H groups in total. The van der Waals surface area contributed by atoms with Crippen LogP contribution in [0.3, 0.4) is 0 Å². The van der Waals surface area contributed by atoms with Crippen LogP contribution < -0.4 is 16.0 Å². The number of aromatic nitrogens is 1. The third-order valence-corrected chi connectivity index (χ3v) is 4.98. The summed E-state index contributed by atoms with van der Waals surface area (Å²) in [4.78, 5) is 39.6. The van der Waals surface area contributed by atoms with Crippen molar-refractivity contribution in [3.05, 3.63) is 46.8 Å². The molecule has 1 saturated carbocycles. The summed E-state index contributed by atoms with van der Waals surface area (Å²) in [6, 6.07) is 7.01. The number of fused-ring (bicyclic) bond motifs is 1. The Balaban J connectivity index is 1.42. The molecule has 1 aromatic heterocycles. The van der Waals surface area contributed by atoms with Crippen molar-refractivity contribution in [2.24, 2.45) is 0 Å². The van der Waals surface area contributed by atoms with Gasteiger partial charge in [-0.05, 0) is 62.4 Å². The van der Waals surface area contributed by atoms with Crippen LogP contribution in [-0.4, -0.2) is 28.7 Å². The monoisotopic (exact) mass is 366 g/mol. The Morgan fingerprint density at radius 2 is 1.70 bits per heavy atom. The van der Waals surface area contributed by atoms with E-state index in [1.807, 2.05) is 0 Å². The van der Waals surface area contributed by atoms with Gasteiger partial charge in [-0.1, -0.05) is 0 Å². The van der Waals surface area contributed by atoms with Gasteiger partial charge in [0.1, 0.15) is 5.69 Å². The lowest BCUT2D eigenvalue weighted by Crippen LogP contribution is -2.30. The van der Waals surface area contributed by atoms with Gasteiger partial charge in [0.2, 0.25) is 0 Å². The maximum Gasteiger partial charge on any atom is 0.319 e. The number of urea groups is 1. The number of benzene rings is 1. The van der Waals surface area contributed by atoms with Gasteiger partial charge in [-0.15, -0.1) is 0 Å². The molecule has 0 atom stereocenters. The number of H-pyrrole nitrogens is 1. The van der Waals surface area contributed by atoms with Crippen molar-refractivity contribution >= 4 is 29.1 Å². The summed E-state index contributed by atoms with van der Waals surface area (Å²) < 4.78 is 0. The minimum absolute atomic E-state index is 0.101. The summed E-state index contributed by atoms with van der Waals surface area (Å²) in [6.07, 6.45) is 4.21. The molecule has 0 bridgehead atoms. The van der Waals surface area contributed by atoms with Crippen molar-refractivity contribution in [1.29, 1.82) is 0 Å². The number of carbonyl (C=O) groups is 3. The summed E-state index contributed by atoms with van der Waals surface area (Å²) >= 11 is 0. The van der Waals surface area contributed by atoms with E-state index in [2.05, 4.69) is 20.9 Å². The Morgan fingerprint density at radius 3 is 2.33 bits per heavy atom. The number of hydrogen-bond acceptors (Lipinski definition) is 3. The Bertz CT molecular complexity index is 910. The highest BCUT2D eigenvalue weighted by molar-refractivity contribution is 6.08. The van der Waals surface area contributed by atoms with Crippen LogP contribution in [0.1, 0.15) is 57.8 Å². The fraction of sp³-hybridized carbons (Fsp3) is 0.350. The van der Waals surface area contributed by atoms with Crippen molar-refractivity contribution in [3.63, 3.8) is 0 Å². The van der Waals surface area contributed by atoms with E-state index < -0.39 is 0 Å². The molecule has 140 valence electrons. The molecule has 0 spiro atoms. The smallest absolute Gasteiger partial charge is 0.319 e. The molecule has 1 heterocycles. The number of amides is 3. The van der Waals surface area contributed by atoms with E-state index in [0.717, 1.165) is 31.4 Å². The highest BCUT2D eigenvalue weighted by Crippen LogP contribution is 2.27. The highest BCUT2D eigenvalue weighted by atomic mass is 16.2. The minimum atomic E-state index is -0.276. The molecule has 4 rings (SSSR count). The zero-order valence-corrected chi connectivity index (χ0v) is 15.1. The van der Waals surface area contributed by atoms with Gasteiger partial charge >= 0.3 is 6.03 Å². The van der Waals surface area contributed by atoms with E-state index in [1.165, 1.54) is 0 Å². The van der Waals surface area contributed by atoms with Crippen LogP contribution >= 0.6 is 0 Å². The molecule has 0 aliphatic heterocycles. The normalized spacial score (nSPS) is 15.8. The van der Waals surface area contributed by atoms with Gasteiger partial charge in [0.25, 0.3) is 5.91 Å². The summed E-state index contributed by atoms with van der Waals surface area (Å²) in [5.41, 5.74) is 3.95. The van der Waals surface area contributed by atoms with Crippen LogP contribution in [0.25, 0.3) is 0 Å². The number of carbonyl (C=O) groups excluding carboxylic acids is 3. The second-order valence-electron chi connectivity index (χ2n) is 7.16. The number of rotatable bonds is 4. The molecule has 27 heavy (non-hydrogen) atoms. The van der Waals surface area contributed by atoms with Crippen LogP contribution in [0, 0.1) is 6.92 Å².